The Bertz CT molecular complexity index is 998. The molecule has 4 nitrogen and oxygen atoms in total. The van der Waals surface area contributed by atoms with Gasteiger partial charge in [-0.15, -0.1) is 0 Å². The molecule has 1 saturated heterocycles. The number of rotatable bonds is 3. The third kappa shape index (κ3) is 3.67. The maximum atomic E-state index is 13.1. The fourth-order valence-electron chi connectivity index (χ4n) is 4.47. The minimum atomic E-state index is -4.44. The molecule has 2 aliphatic rings. The lowest BCUT2D eigenvalue weighted by Crippen LogP contribution is -2.50. The number of benzene rings is 2. The molecule has 2 aromatic carbocycles. The van der Waals surface area contributed by atoms with Gasteiger partial charge in [-0.3, -0.25) is 9.59 Å². The monoisotopic (exact) mass is 436 g/mol. The van der Waals surface area contributed by atoms with Crippen molar-refractivity contribution in [2.24, 2.45) is 0 Å². The van der Waals surface area contributed by atoms with Gasteiger partial charge in [-0.2, -0.15) is 13.2 Å². The molecule has 0 bridgehead atoms. The molecule has 2 aromatic rings. The standard InChI is InChI=1S/C22H20ClF3N2O2/c23-17-7-3-5-15-19(17)21(27-20(15)30)10-12-28(13-11-21)18(29)9-8-14-4-1-2-6-16(14)22(24,25)26/h1-7H,8-13H2,(H,27,30). The Hall–Kier alpha value is -2.54. The number of nitrogens with one attached hydrogen (secondary N) is 1. The quantitative estimate of drug-likeness (QED) is 0.767. The van der Waals surface area contributed by atoms with Crippen molar-refractivity contribution in [1.82, 2.24) is 10.2 Å². The topological polar surface area (TPSA) is 49.4 Å². The fraction of sp³-hybridized carbons (Fsp3) is 0.364. The van der Waals surface area contributed by atoms with E-state index >= 15 is 0 Å². The minimum Gasteiger partial charge on any atom is -0.342 e. The Labute approximate surface area is 177 Å². The second-order valence-corrected chi connectivity index (χ2v) is 8.14. The van der Waals surface area contributed by atoms with Crippen LogP contribution in [0.4, 0.5) is 13.2 Å². The summed E-state index contributed by atoms with van der Waals surface area (Å²) in [7, 11) is 0. The van der Waals surface area contributed by atoms with Crippen molar-refractivity contribution < 1.29 is 22.8 Å². The van der Waals surface area contributed by atoms with Gasteiger partial charge in [-0.05, 0) is 43.0 Å². The number of amides is 2. The third-order valence-electron chi connectivity index (χ3n) is 5.99. The van der Waals surface area contributed by atoms with E-state index in [1.807, 2.05) is 0 Å². The first-order valence-electron chi connectivity index (χ1n) is 9.76. The average molecular weight is 437 g/mol. The number of hydrogen-bond donors (Lipinski definition) is 1. The SMILES string of the molecule is O=C1NC2(CCN(C(=O)CCc3ccccc3C(F)(F)F)CC2)c2c(Cl)cccc21. The Morgan fingerprint density at radius 2 is 1.80 bits per heavy atom. The zero-order chi connectivity index (χ0) is 21.5. The van der Waals surface area contributed by atoms with Crippen LogP contribution < -0.4 is 5.32 Å². The zero-order valence-corrected chi connectivity index (χ0v) is 16.8. The van der Waals surface area contributed by atoms with Gasteiger partial charge in [-0.1, -0.05) is 35.9 Å². The third-order valence-corrected chi connectivity index (χ3v) is 6.31. The van der Waals surface area contributed by atoms with Crippen molar-refractivity contribution in [2.75, 3.05) is 13.1 Å². The van der Waals surface area contributed by atoms with Crippen LogP contribution in [-0.2, 0) is 22.9 Å². The number of hydrogen-bond acceptors (Lipinski definition) is 2. The molecule has 2 aliphatic heterocycles. The first-order valence-corrected chi connectivity index (χ1v) is 10.1. The summed E-state index contributed by atoms with van der Waals surface area (Å²) in [6.45, 7) is 0.815. The van der Waals surface area contributed by atoms with Crippen molar-refractivity contribution in [2.45, 2.75) is 37.4 Å². The van der Waals surface area contributed by atoms with Crippen LogP contribution in [-0.4, -0.2) is 29.8 Å². The molecule has 8 heteroatoms. The molecule has 0 aromatic heterocycles. The molecule has 4 rings (SSSR count). The van der Waals surface area contributed by atoms with E-state index in [2.05, 4.69) is 5.32 Å². The molecule has 0 unspecified atom stereocenters. The van der Waals surface area contributed by atoms with E-state index in [9.17, 15) is 22.8 Å². The molecule has 1 spiro atoms. The summed E-state index contributed by atoms with van der Waals surface area (Å²) in [5.41, 5.74) is 0.171. The van der Waals surface area contributed by atoms with Crippen molar-refractivity contribution >= 4 is 23.4 Å². The van der Waals surface area contributed by atoms with Gasteiger partial charge in [0.15, 0.2) is 0 Å². The molecule has 0 saturated carbocycles. The number of alkyl halides is 3. The number of piperidine rings is 1. The Morgan fingerprint density at radius 1 is 1.10 bits per heavy atom. The van der Waals surface area contributed by atoms with Crippen LogP contribution >= 0.6 is 11.6 Å². The number of carbonyl (C=O) groups is 2. The number of carbonyl (C=O) groups excluding carboxylic acids is 2. The van der Waals surface area contributed by atoms with Crippen molar-refractivity contribution in [3.05, 3.63) is 69.7 Å². The maximum absolute atomic E-state index is 13.1. The summed E-state index contributed by atoms with van der Waals surface area (Å²) < 4.78 is 39.4. The fourth-order valence-corrected chi connectivity index (χ4v) is 4.83. The van der Waals surface area contributed by atoms with Crippen LogP contribution in [0.3, 0.4) is 0 Å². The normalized spacial score (nSPS) is 17.7. The van der Waals surface area contributed by atoms with Crippen LogP contribution in [0.15, 0.2) is 42.5 Å². The molecule has 158 valence electrons. The van der Waals surface area contributed by atoms with Crippen LogP contribution in [0.1, 0.15) is 46.3 Å². The molecule has 30 heavy (non-hydrogen) atoms. The summed E-state index contributed by atoms with van der Waals surface area (Å²) in [5.74, 6) is -0.360. The number of halogens is 4. The lowest BCUT2D eigenvalue weighted by atomic mass is 9.81. The molecule has 0 aliphatic carbocycles. The Morgan fingerprint density at radius 3 is 2.50 bits per heavy atom. The van der Waals surface area contributed by atoms with E-state index in [-0.39, 0.29) is 30.2 Å². The van der Waals surface area contributed by atoms with Gasteiger partial charge in [-0.25, -0.2) is 0 Å². The van der Waals surface area contributed by atoms with E-state index in [0.717, 1.165) is 11.6 Å². The van der Waals surface area contributed by atoms with Gasteiger partial charge in [0, 0.05) is 35.7 Å². The van der Waals surface area contributed by atoms with Crippen molar-refractivity contribution in [1.29, 1.82) is 0 Å². The van der Waals surface area contributed by atoms with E-state index in [1.54, 1.807) is 29.2 Å². The zero-order valence-electron chi connectivity index (χ0n) is 16.1. The van der Waals surface area contributed by atoms with Gasteiger partial charge in [0.25, 0.3) is 5.91 Å². The predicted octanol–water partition coefficient (Wildman–Crippen LogP) is 4.55. The largest absolute Gasteiger partial charge is 0.416 e. The van der Waals surface area contributed by atoms with E-state index in [4.69, 9.17) is 11.6 Å². The highest BCUT2D eigenvalue weighted by atomic mass is 35.5. The molecule has 0 radical (unpaired) electrons. The van der Waals surface area contributed by atoms with Crippen molar-refractivity contribution in [3.63, 3.8) is 0 Å². The van der Waals surface area contributed by atoms with Gasteiger partial charge < -0.3 is 10.2 Å². The van der Waals surface area contributed by atoms with Crippen LogP contribution in [0.25, 0.3) is 0 Å². The first-order chi connectivity index (χ1) is 14.2. The highest BCUT2D eigenvalue weighted by Crippen LogP contribution is 2.43. The van der Waals surface area contributed by atoms with Gasteiger partial charge >= 0.3 is 6.18 Å². The number of aryl methyl sites for hydroxylation is 1. The molecular weight excluding hydrogens is 417 g/mol. The van der Waals surface area contributed by atoms with E-state index in [1.165, 1.54) is 12.1 Å². The summed E-state index contributed by atoms with van der Waals surface area (Å²) in [6.07, 6.45) is -3.38. The van der Waals surface area contributed by atoms with Crippen LogP contribution in [0, 0.1) is 0 Å². The molecule has 0 atom stereocenters. The predicted molar refractivity (Wildman–Crippen MR) is 106 cm³/mol. The maximum Gasteiger partial charge on any atom is 0.416 e. The first kappa shape index (κ1) is 20.7. The van der Waals surface area contributed by atoms with Gasteiger partial charge in [0.2, 0.25) is 5.91 Å². The second kappa shape index (κ2) is 7.61. The lowest BCUT2D eigenvalue weighted by Gasteiger charge is -2.40. The number of fused-ring (bicyclic) bond motifs is 2. The number of likely N-dealkylation sites (tertiary alicyclic amines) is 1. The smallest absolute Gasteiger partial charge is 0.342 e. The highest BCUT2D eigenvalue weighted by molar-refractivity contribution is 6.32. The highest BCUT2D eigenvalue weighted by Gasteiger charge is 2.46. The van der Waals surface area contributed by atoms with Crippen LogP contribution in [0.5, 0.6) is 0 Å². The Kier molecular flexibility index (Phi) is 5.26. The summed E-state index contributed by atoms with van der Waals surface area (Å²) in [5, 5.41) is 3.55. The van der Waals surface area contributed by atoms with E-state index in [0.29, 0.717) is 36.5 Å². The summed E-state index contributed by atoms with van der Waals surface area (Å²) in [4.78, 5) is 26.6. The molecule has 1 fully saturated rings. The number of nitrogens with zero attached hydrogens (tertiary/aromatic N) is 1. The van der Waals surface area contributed by atoms with Crippen molar-refractivity contribution in [3.8, 4) is 0 Å². The minimum absolute atomic E-state index is 0.00377. The Balaban J connectivity index is 1.42. The lowest BCUT2D eigenvalue weighted by molar-refractivity contribution is -0.139. The van der Waals surface area contributed by atoms with E-state index < -0.39 is 17.3 Å². The van der Waals surface area contributed by atoms with Gasteiger partial charge in [0.1, 0.15) is 0 Å². The molecular formula is C22H20ClF3N2O2. The molecule has 2 amide bonds. The second-order valence-electron chi connectivity index (χ2n) is 7.73. The molecule has 1 N–H and O–H groups in total. The summed E-state index contributed by atoms with van der Waals surface area (Å²) >= 11 is 6.36. The van der Waals surface area contributed by atoms with Gasteiger partial charge in [0.05, 0.1) is 11.1 Å². The van der Waals surface area contributed by atoms with Crippen LogP contribution in [0.2, 0.25) is 5.02 Å². The molecule has 2 heterocycles. The summed E-state index contributed by atoms with van der Waals surface area (Å²) in [6, 6.07) is 10.6. The average Bonchev–Trinajstić information content (AvgIpc) is 2.99.